The maximum Gasteiger partial charge on any atom is 0.365 e. The van der Waals surface area contributed by atoms with Gasteiger partial charge in [0.1, 0.15) is 6.54 Å². The highest BCUT2D eigenvalue weighted by molar-refractivity contribution is 5.91. The first-order chi connectivity index (χ1) is 11.7. The summed E-state index contributed by atoms with van der Waals surface area (Å²) in [5.41, 5.74) is 3.92. The van der Waals surface area contributed by atoms with Gasteiger partial charge < -0.3 is 9.74 Å². The minimum absolute atomic E-state index is 0.384. The summed E-state index contributed by atoms with van der Waals surface area (Å²) in [6.07, 6.45) is 1.76. The Hall–Kier alpha value is -2.46. The number of nitrogens with zero attached hydrogens (tertiary/aromatic N) is 1. The molecule has 0 saturated carbocycles. The molecule has 4 nitrogen and oxygen atoms in total. The van der Waals surface area contributed by atoms with Crippen LogP contribution < -0.4 is 4.90 Å². The molecular formula is C20H23N2O2+. The van der Waals surface area contributed by atoms with Crippen molar-refractivity contribution in [1.82, 2.24) is 0 Å². The van der Waals surface area contributed by atoms with Gasteiger partial charge in [-0.2, -0.15) is 0 Å². The molecule has 4 heteroatoms. The third kappa shape index (κ3) is 4.52. The van der Waals surface area contributed by atoms with E-state index in [-0.39, 0.29) is 5.97 Å². The lowest BCUT2D eigenvalue weighted by molar-refractivity contribution is -0.914. The third-order valence-electron chi connectivity index (χ3n) is 4.34. The molecule has 1 heterocycles. The number of carbonyl (C=O) groups excluding carboxylic acids is 1. The fourth-order valence-corrected chi connectivity index (χ4v) is 2.98. The predicted molar refractivity (Wildman–Crippen MR) is 94.1 cm³/mol. The average Bonchev–Trinajstić information content (AvgIpc) is 2.62. The van der Waals surface area contributed by atoms with Crippen molar-refractivity contribution in [3.63, 3.8) is 0 Å². The average molecular weight is 323 g/mol. The second kappa shape index (κ2) is 7.88. The summed E-state index contributed by atoms with van der Waals surface area (Å²) in [6, 6.07) is 17.9. The first kappa shape index (κ1) is 16.4. The monoisotopic (exact) mass is 323 g/mol. The molecule has 24 heavy (non-hydrogen) atoms. The highest BCUT2D eigenvalue weighted by Crippen LogP contribution is 2.07. The zero-order chi connectivity index (χ0) is 16.8. The van der Waals surface area contributed by atoms with E-state index in [9.17, 15) is 4.79 Å². The predicted octanol–water partition coefficient (Wildman–Crippen LogP) is 2.39. The molecule has 1 aliphatic rings. The lowest BCUT2D eigenvalue weighted by atomic mass is 10.1. The zero-order valence-corrected chi connectivity index (χ0v) is 14.0. The van der Waals surface area contributed by atoms with Gasteiger partial charge in [-0.3, -0.25) is 0 Å². The number of oxime groups is 1. The zero-order valence-electron chi connectivity index (χ0n) is 14.0. The molecule has 2 aromatic rings. The van der Waals surface area contributed by atoms with Gasteiger partial charge in [0.25, 0.3) is 0 Å². The van der Waals surface area contributed by atoms with E-state index in [1.54, 1.807) is 11.0 Å². The van der Waals surface area contributed by atoms with Crippen LogP contribution in [0.4, 0.5) is 0 Å². The van der Waals surface area contributed by atoms with E-state index in [1.807, 2.05) is 31.2 Å². The lowest BCUT2D eigenvalue weighted by Gasteiger charge is -2.24. The molecule has 0 unspecified atom stereocenters. The van der Waals surface area contributed by atoms with Crippen LogP contribution in [0.15, 0.2) is 59.8 Å². The van der Waals surface area contributed by atoms with Gasteiger partial charge in [-0.15, -0.1) is 0 Å². The number of hydrogen-bond donors (Lipinski definition) is 1. The molecule has 0 bridgehead atoms. The largest absolute Gasteiger partial charge is 0.365 e. The van der Waals surface area contributed by atoms with Crippen LogP contribution in [0.2, 0.25) is 0 Å². The fourth-order valence-electron chi connectivity index (χ4n) is 2.98. The number of piperidine rings is 1. The Balaban J connectivity index is 1.49. The number of nitrogens with one attached hydrogen (secondary N) is 1. The van der Waals surface area contributed by atoms with Crippen molar-refractivity contribution in [1.29, 1.82) is 0 Å². The Kier molecular flexibility index (Phi) is 5.39. The van der Waals surface area contributed by atoms with Crippen molar-refractivity contribution in [2.24, 2.45) is 5.16 Å². The summed E-state index contributed by atoms with van der Waals surface area (Å²) in [5, 5.41) is 4.08. The molecular weight excluding hydrogens is 300 g/mol. The number of quaternary nitrogens is 1. The van der Waals surface area contributed by atoms with Crippen LogP contribution in [0.5, 0.6) is 0 Å². The van der Waals surface area contributed by atoms with Crippen LogP contribution in [0, 0.1) is 6.92 Å². The molecule has 1 aliphatic heterocycles. The molecule has 2 aromatic carbocycles. The van der Waals surface area contributed by atoms with Gasteiger partial charge in [-0.1, -0.05) is 53.2 Å². The van der Waals surface area contributed by atoms with Crippen molar-refractivity contribution in [3.05, 3.63) is 71.3 Å². The van der Waals surface area contributed by atoms with E-state index >= 15 is 0 Å². The summed E-state index contributed by atoms with van der Waals surface area (Å²) in [7, 11) is 0. The second-order valence-electron chi connectivity index (χ2n) is 6.32. The van der Waals surface area contributed by atoms with Crippen molar-refractivity contribution in [2.75, 3.05) is 13.1 Å². The number of hydrogen-bond acceptors (Lipinski definition) is 3. The number of carbonyl (C=O) groups is 1. The SMILES string of the molecule is Cc1cccc(C(=O)ON=C2CC[NH+](Cc3ccccc3)CC2)c1. The highest BCUT2D eigenvalue weighted by Gasteiger charge is 2.19. The second-order valence-corrected chi connectivity index (χ2v) is 6.32. The van der Waals surface area contributed by atoms with Crippen LogP contribution >= 0.6 is 0 Å². The molecule has 3 rings (SSSR count). The normalized spacial score (nSPS) is 17.4. The van der Waals surface area contributed by atoms with Crippen LogP contribution in [0.3, 0.4) is 0 Å². The Bertz CT molecular complexity index is 715. The van der Waals surface area contributed by atoms with Gasteiger partial charge in [0.05, 0.1) is 24.4 Å². The Morgan fingerprint density at radius 2 is 1.83 bits per heavy atom. The Morgan fingerprint density at radius 1 is 1.08 bits per heavy atom. The van der Waals surface area contributed by atoms with Gasteiger partial charge in [0.15, 0.2) is 0 Å². The van der Waals surface area contributed by atoms with E-state index in [2.05, 4.69) is 29.4 Å². The summed E-state index contributed by atoms with van der Waals surface area (Å²) in [6.45, 7) is 5.04. The number of benzene rings is 2. The molecule has 0 atom stereocenters. The maximum atomic E-state index is 12.0. The van der Waals surface area contributed by atoms with Crippen LogP contribution in [0.1, 0.15) is 34.3 Å². The fraction of sp³-hybridized carbons (Fsp3) is 0.300. The topological polar surface area (TPSA) is 43.1 Å². The van der Waals surface area contributed by atoms with E-state index in [0.717, 1.165) is 43.8 Å². The standard InChI is InChI=1S/C20H22N2O2/c1-16-6-5-9-18(14-16)20(23)24-21-19-10-12-22(13-11-19)15-17-7-3-2-4-8-17/h2-9,14H,10-13,15H2,1H3/p+1. The molecule has 0 spiro atoms. The van der Waals surface area contributed by atoms with E-state index in [4.69, 9.17) is 4.84 Å². The molecule has 0 radical (unpaired) electrons. The van der Waals surface area contributed by atoms with E-state index < -0.39 is 0 Å². The summed E-state index contributed by atoms with van der Waals surface area (Å²) >= 11 is 0. The number of aryl methyl sites for hydroxylation is 1. The Labute approximate surface area is 142 Å². The highest BCUT2D eigenvalue weighted by atomic mass is 16.7. The number of rotatable bonds is 4. The smallest absolute Gasteiger partial charge is 0.331 e. The van der Waals surface area contributed by atoms with Crippen LogP contribution in [-0.2, 0) is 11.4 Å². The molecule has 1 saturated heterocycles. The summed E-state index contributed by atoms with van der Waals surface area (Å²) < 4.78 is 0. The first-order valence-corrected chi connectivity index (χ1v) is 8.42. The van der Waals surface area contributed by atoms with Crippen LogP contribution in [0.25, 0.3) is 0 Å². The van der Waals surface area contributed by atoms with Gasteiger partial charge in [-0.05, 0) is 19.1 Å². The van der Waals surface area contributed by atoms with Crippen molar-refractivity contribution < 1.29 is 14.5 Å². The van der Waals surface area contributed by atoms with Gasteiger partial charge >= 0.3 is 5.97 Å². The minimum atomic E-state index is -0.384. The van der Waals surface area contributed by atoms with Crippen molar-refractivity contribution in [2.45, 2.75) is 26.3 Å². The molecule has 1 N–H and O–H groups in total. The summed E-state index contributed by atoms with van der Waals surface area (Å²) in [5.74, 6) is -0.384. The van der Waals surface area contributed by atoms with E-state index in [1.165, 1.54) is 5.56 Å². The molecule has 0 amide bonds. The molecule has 124 valence electrons. The third-order valence-corrected chi connectivity index (χ3v) is 4.34. The van der Waals surface area contributed by atoms with Gasteiger partial charge in [-0.25, -0.2) is 4.79 Å². The van der Waals surface area contributed by atoms with Gasteiger partial charge in [0, 0.05) is 18.4 Å². The quantitative estimate of drug-likeness (QED) is 0.693. The molecule has 1 fully saturated rings. The first-order valence-electron chi connectivity index (χ1n) is 8.42. The van der Waals surface area contributed by atoms with Crippen LogP contribution in [-0.4, -0.2) is 24.8 Å². The summed E-state index contributed by atoms with van der Waals surface area (Å²) in [4.78, 5) is 18.7. The van der Waals surface area contributed by atoms with E-state index in [0.29, 0.717) is 5.56 Å². The van der Waals surface area contributed by atoms with Gasteiger partial charge in [0.2, 0.25) is 0 Å². The molecule has 0 aromatic heterocycles. The Morgan fingerprint density at radius 3 is 2.54 bits per heavy atom. The van der Waals surface area contributed by atoms with Crippen molar-refractivity contribution >= 4 is 11.7 Å². The van der Waals surface area contributed by atoms with Crippen molar-refractivity contribution in [3.8, 4) is 0 Å². The molecule has 0 aliphatic carbocycles. The maximum absolute atomic E-state index is 12.0. The minimum Gasteiger partial charge on any atom is -0.331 e. The lowest BCUT2D eigenvalue weighted by Crippen LogP contribution is -3.11. The number of likely N-dealkylation sites (tertiary alicyclic amines) is 1.